The highest BCUT2D eigenvalue weighted by atomic mass is 16.5. The summed E-state index contributed by atoms with van der Waals surface area (Å²) >= 11 is 0. The fraction of sp³-hybridized carbons (Fsp3) is 0.714. The van der Waals surface area contributed by atoms with Crippen molar-refractivity contribution in [2.45, 2.75) is 25.5 Å². The highest BCUT2D eigenvalue weighted by Crippen LogP contribution is 2.10. The summed E-state index contributed by atoms with van der Waals surface area (Å²) in [6, 6.07) is -0.575. The van der Waals surface area contributed by atoms with E-state index in [0.29, 0.717) is 13.0 Å². The number of rotatable bonds is 2. The Morgan fingerprint density at radius 2 is 2.25 bits per heavy atom. The van der Waals surface area contributed by atoms with Crippen molar-refractivity contribution in [2.24, 2.45) is 0 Å². The van der Waals surface area contributed by atoms with Crippen LogP contribution in [-0.4, -0.2) is 35.7 Å². The monoisotopic (exact) mass is 173 g/mol. The van der Waals surface area contributed by atoms with Gasteiger partial charge in [-0.05, 0) is 0 Å². The van der Waals surface area contributed by atoms with Crippen molar-refractivity contribution < 1.29 is 19.4 Å². The van der Waals surface area contributed by atoms with E-state index in [1.165, 1.54) is 6.92 Å². The maximum Gasteiger partial charge on any atom is 0.320 e. The summed E-state index contributed by atoms with van der Waals surface area (Å²) in [5.74, 6) is -1.27. The molecule has 5 nitrogen and oxygen atoms in total. The lowest BCUT2D eigenvalue weighted by molar-refractivity contribution is -0.146. The van der Waals surface area contributed by atoms with E-state index < -0.39 is 12.0 Å². The van der Waals surface area contributed by atoms with Crippen LogP contribution in [0.25, 0.3) is 0 Å². The number of carboxylic acid groups (broad SMARTS) is 1. The molecule has 5 heteroatoms. The maximum absolute atomic E-state index is 10.5. The van der Waals surface area contributed by atoms with E-state index in [0.717, 1.165) is 0 Å². The normalized spacial score (nSPS) is 28.4. The van der Waals surface area contributed by atoms with Crippen LogP contribution >= 0.6 is 0 Å². The van der Waals surface area contributed by atoms with Crippen LogP contribution in [0, 0.1) is 0 Å². The molecule has 0 bridgehead atoms. The van der Waals surface area contributed by atoms with Crippen LogP contribution in [-0.2, 0) is 14.3 Å². The molecule has 2 N–H and O–H groups in total. The number of ether oxygens (including phenoxy) is 1. The molecule has 1 aliphatic rings. The number of esters is 1. The first kappa shape index (κ1) is 8.99. The molecule has 0 amide bonds. The fourth-order valence-corrected chi connectivity index (χ4v) is 1.22. The van der Waals surface area contributed by atoms with E-state index in [1.807, 2.05) is 0 Å². The highest BCUT2D eigenvalue weighted by Gasteiger charge is 2.30. The van der Waals surface area contributed by atoms with Crippen molar-refractivity contribution in [1.29, 1.82) is 0 Å². The van der Waals surface area contributed by atoms with Crippen LogP contribution in [0.2, 0.25) is 0 Å². The third-order valence-electron chi connectivity index (χ3n) is 1.72. The van der Waals surface area contributed by atoms with Crippen molar-refractivity contribution in [3.8, 4) is 0 Å². The zero-order valence-electron chi connectivity index (χ0n) is 6.74. The minimum absolute atomic E-state index is 0.288. The number of carboxylic acids is 1. The minimum Gasteiger partial charge on any atom is -0.480 e. The second kappa shape index (κ2) is 3.53. The van der Waals surface area contributed by atoms with E-state index >= 15 is 0 Å². The first-order valence-electron chi connectivity index (χ1n) is 3.73. The molecule has 0 aromatic heterocycles. The van der Waals surface area contributed by atoms with Crippen molar-refractivity contribution in [3.05, 3.63) is 0 Å². The summed E-state index contributed by atoms with van der Waals surface area (Å²) in [6.45, 7) is 1.74. The molecular formula is C7H11NO4. The van der Waals surface area contributed by atoms with Gasteiger partial charge in [-0.1, -0.05) is 0 Å². The largest absolute Gasteiger partial charge is 0.480 e. The summed E-state index contributed by atoms with van der Waals surface area (Å²) in [5, 5.41) is 11.3. The molecule has 0 aromatic rings. The number of nitrogens with one attached hydrogen (secondary N) is 1. The van der Waals surface area contributed by atoms with Gasteiger partial charge < -0.3 is 15.2 Å². The molecule has 0 aliphatic carbocycles. The Labute approximate surface area is 69.7 Å². The van der Waals surface area contributed by atoms with Gasteiger partial charge in [-0.2, -0.15) is 0 Å². The van der Waals surface area contributed by atoms with Crippen molar-refractivity contribution in [2.75, 3.05) is 6.54 Å². The Balaban J connectivity index is 2.35. The molecular weight excluding hydrogens is 162 g/mol. The lowest BCUT2D eigenvalue weighted by Crippen LogP contribution is -2.29. The van der Waals surface area contributed by atoms with Gasteiger partial charge in [-0.15, -0.1) is 0 Å². The lowest BCUT2D eigenvalue weighted by Gasteiger charge is -2.07. The molecule has 1 fully saturated rings. The van der Waals surface area contributed by atoms with Crippen LogP contribution in [0.3, 0.4) is 0 Å². The summed E-state index contributed by atoms with van der Waals surface area (Å²) in [6.07, 6.45) is 0.0677. The van der Waals surface area contributed by atoms with E-state index in [4.69, 9.17) is 9.84 Å². The average molecular weight is 173 g/mol. The quantitative estimate of drug-likeness (QED) is 0.543. The predicted octanol–water partition coefficient (Wildman–Crippen LogP) is -0.635. The van der Waals surface area contributed by atoms with Crippen LogP contribution in [0.4, 0.5) is 0 Å². The number of aliphatic carboxylic acids is 1. The number of carbonyl (C=O) groups excluding carboxylic acids is 1. The Morgan fingerprint density at radius 1 is 1.58 bits per heavy atom. The van der Waals surface area contributed by atoms with Gasteiger partial charge in [0.15, 0.2) is 0 Å². The molecule has 1 rings (SSSR count). The second-order valence-corrected chi connectivity index (χ2v) is 2.77. The first-order valence-corrected chi connectivity index (χ1v) is 3.73. The molecule has 0 radical (unpaired) electrons. The van der Waals surface area contributed by atoms with Gasteiger partial charge in [-0.25, -0.2) is 0 Å². The fourth-order valence-electron chi connectivity index (χ4n) is 1.22. The van der Waals surface area contributed by atoms with Crippen LogP contribution < -0.4 is 5.32 Å². The van der Waals surface area contributed by atoms with Crippen LogP contribution in [0.15, 0.2) is 0 Å². The summed E-state index contributed by atoms with van der Waals surface area (Å²) < 4.78 is 4.83. The zero-order chi connectivity index (χ0) is 9.14. The molecule has 1 heterocycles. The predicted molar refractivity (Wildman–Crippen MR) is 39.6 cm³/mol. The van der Waals surface area contributed by atoms with Crippen molar-refractivity contribution in [3.63, 3.8) is 0 Å². The van der Waals surface area contributed by atoms with E-state index in [9.17, 15) is 9.59 Å². The molecule has 68 valence electrons. The van der Waals surface area contributed by atoms with Gasteiger partial charge in [-0.3, -0.25) is 9.59 Å². The lowest BCUT2D eigenvalue weighted by atomic mass is 10.2. The van der Waals surface area contributed by atoms with E-state index in [-0.39, 0.29) is 12.1 Å². The van der Waals surface area contributed by atoms with Crippen LogP contribution in [0.1, 0.15) is 13.3 Å². The SMILES string of the molecule is CC(=O)O[C@@H]1CN[C@H](C(=O)O)C1. The molecule has 2 atom stereocenters. The topological polar surface area (TPSA) is 75.6 Å². The van der Waals surface area contributed by atoms with Gasteiger partial charge in [0.2, 0.25) is 0 Å². The van der Waals surface area contributed by atoms with Crippen LogP contribution in [0.5, 0.6) is 0 Å². The third-order valence-corrected chi connectivity index (χ3v) is 1.72. The minimum atomic E-state index is -0.898. The van der Waals surface area contributed by atoms with Gasteiger partial charge in [0.25, 0.3) is 0 Å². The molecule has 12 heavy (non-hydrogen) atoms. The van der Waals surface area contributed by atoms with Crippen molar-refractivity contribution >= 4 is 11.9 Å². The molecule has 1 aliphatic heterocycles. The standard InChI is InChI=1S/C7H11NO4/c1-4(9)12-5-2-6(7(10)11)8-3-5/h5-6,8H,2-3H2,1H3,(H,10,11)/t5-,6-/m0/s1. The van der Waals surface area contributed by atoms with E-state index in [1.54, 1.807) is 0 Å². The Hall–Kier alpha value is -1.10. The second-order valence-electron chi connectivity index (χ2n) is 2.77. The van der Waals surface area contributed by atoms with Gasteiger partial charge in [0.05, 0.1) is 0 Å². The van der Waals surface area contributed by atoms with Gasteiger partial charge in [0, 0.05) is 19.9 Å². The molecule has 0 spiro atoms. The molecule has 1 saturated heterocycles. The Morgan fingerprint density at radius 3 is 2.67 bits per heavy atom. The number of carbonyl (C=O) groups is 2. The number of hydrogen-bond donors (Lipinski definition) is 2. The Kier molecular flexibility index (Phi) is 2.65. The maximum atomic E-state index is 10.5. The van der Waals surface area contributed by atoms with E-state index in [2.05, 4.69) is 5.32 Å². The van der Waals surface area contributed by atoms with Gasteiger partial charge >= 0.3 is 11.9 Å². The smallest absolute Gasteiger partial charge is 0.320 e. The Bertz CT molecular complexity index is 204. The summed E-state index contributed by atoms with van der Waals surface area (Å²) in [5.41, 5.74) is 0. The summed E-state index contributed by atoms with van der Waals surface area (Å²) in [4.78, 5) is 20.9. The molecule has 0 aromatic carbocycles. The average Bonchev–Trinajstić information content (AvgIpc) is 2.34. The van der Waals surface area contributed by atoms with Gasteiger partial charge in [0.1, 0.15) is 12.1 Å². The summed E-state index contributed by atoms with van der Waals surface area (Å²) in [7, 11) is 0. The highest BCUT2D eigenvalue weighted by molar-refractivity contribution is 5.74. The number of hydrogen-bond acceptors (Lipinski definition) is 4. The molecule has 0 unspecified atom stereocenters. The molecule has 0 saturated carbocycles. The third kappa shape index (κ3) is 2.20. The van der Waals surface area contributed by atoms with Crippen molar-refractivity contribution in [1.82, 2.24) is 5.32 Å². The first-order chi connectivity index (χ1) is 5.59. The zero-order valence-corrected chi connectivity index (χ0v) is 6.74.